The van der Waals surface area contributed by atoms with Crippen LogP contribution in [0.15, 0.2) is 22.0 Å². The zero-order chi connectivity index (χ0) is 13.5. The van der Waals surface area contributed by atoms with Crippen LogP contribution in [0.3, 0.4) is 0 Å². The van der Waals surface area contributed by atoms with Crippen LogP contribution in [0, 0.1) is 5.41 Å². The highest BCUT2D eigenvalue weighted by Crippen LogP contribution is 2.24. The van der Waals surface area contributed by atoms with Gasteiger partial charge >= 0.3 is 12.1 Å². The van der Waals surface area contributed by atoms with Crippen molar-refractivity contribution in [1.82, 2.24) is 0 Å². The Hall–Kier alpha value is -1.72. The molecule has 0 saturated heterocycles. The number of carbonyl (C=O) groups is 2. The van der Waals surface area contributed by atoms with E-state index in [2.05, 4.69) is 10.2 Å². The molecule has 0 saturated carbocycles. The molecule has 0 spiro atoms. The van der Waals surface area contributed by atoms with Crippen LogP contribution in [-0.4, -0.2) is 23.8 Å². The second kappa shape index (κ2) is 6.78. The van der Waals surface area contributed by atoms with Crippen molar-refractivity contribution in [3.63, 3.8) is 0 Å². The monoisotopic (exact) mass is 242 g/mol. The molecule has 0 aromatic heterocycles. The second-order valence-electron chi connectivity index (χ2n) is 4.61. The van der Waals surface area contributed by atoms with Gasteiger partial charge in [-0.1, -0.05) is 25.9 Å². The van der Waals surface area contributed by atoms with E-state index in [-0.39, 0.29) is 12.0 Å². The van der Waals surface area contributed by atoms with Gasteiger partial charge in [-0.15, -0.1) is 5.11 Å². The van der Waals surface area contributed by atoms with Gasteiger partial charge in [0, 0.05) is 6.08 Å². The van der Waals surface area contributed by atoms with E-state index < -0.39 is 12.1 Å². The highest BCUT2D eigenvalue weighted by molar-refractivity contribution is 5.82. The van der Waals surface area contributed by atoms with Gasteiger partial charge in [-0.3, -0.25) is 0 Å². The number of azo groups is 1. The molecule has 0 bridgehead atoms. The van der Waals surface area contributed by atoms with Crippen molar-refractivity contribution in [2.75, 3.05) is 6.61 Å². The molecule has 0 heterocycles. The lowest BCUT2D eigenvalue weighted by Gasteiger charge is -2.17. The SMILES string of the molecule is CCOC(=O)C=C(CC(C)(C)C)N=NC(=O)O. The molecule has 6 nitrogen and oxygen atoms in total. The molecule has 0 aliphatic heterocycles. The van der Waals surface area contributed by atoms with Crippen LogP contribution in [0.5, 0.6) is 0 Å². The molecule has 0 atom stereocenters. The molecule has 0 fully saturated rings. The van der Waals surface area contributed by atoms with E-state index in [9.17, 15) is 9.59 Å². The fourth-order valence-corrected chi connectivity index (χ4v) is 1.09. The Kier molecular flexibility index (Phi) is 6.09. The largest absolute Gasteiger partial charge is 0.463 e. The smallest absolute Gasteiger partial charge is 0.449 e. The first kappa shape index (κ1) is 15.3. The van der Waals surface area contributed by atoms with Gasteiger partial charge in [-0.2, -0.15) is 0 Å². The first-order valence-corrected chi connectivity index (χ1v) is 5.26. The molecule has 1 N–H and O–H groups in total. The number of rotatable bonds is 4. The third kappa shape index (κ3) is 9.22. The zero-order valence-electron chi connectivity index (χ0n) is 10.6. The second-order valence-corrected chi connectivity index (χ2v) is 4.61. The summed E-state index contributed by atoms with van der Waals surface area (Å²) in [6.45, 7) is 7.79. The Morgan fingerprint density at radius 2 is 1.88 bits per heavy atom. The molecule has 0 aliphatic carbocycles. The summed E-state index contributed by atoms with van der Waals surface area (Å²) in [5, 5.41) is 14.9. The first-order valence-electron chi connectivity index (χ1n) is 5.26. The fourth-order valence-electron chi connectivity index (χ4n) is 1.09. The van der Waals surface area contributed by atoms with Gasteiger partial charge in [-0.05, 0) is 18.8 Å². The quantitative estimate of drug-likeness (QED) is 0.466. The van der Waals surface area contributed by atoms with Gasteiger partial charge in [0.2, 0.25) is 0 Å². The van der Waals surface area contributed by atoms with Gasteiger partial charge in [0.15, 0.2) is 0 Å². The molecule has 17 heavy (non-hydrogen) atoms. The van der Waals surface area contributed by atoms with Crippen LogP contribution in [0.4, 0.5) is 4.79 Å². The van der Waals surface area contributed by atoms with Crippen LogP contribution in [0.25, 0.3) is 0 Å². The minimum Gasteiger partial charge on any atom is -0.463 e. The van der Waals surface area contributed by atoms with E-state index in [4.69, 9.17) is 9.84 Å². The molecule has 6 heteroatoms. The molecule has 96 valence electrons. The summed E-state index contributed by atoms with van der Waals surface area (Å²) in [5.74, 6) is -0.545. The molecule has 0 aliphatic rings. The molecule has 0 radical (unpaired) electrons. The zero-order valence-corrected chi connectivity index (χ0v) is 10.6. The first-order chi connectivity index (χ1) is 7.74. The Labute approximate surface area is 100 Å². The minimum atomic E-state index is -1.39. The number of carbonyl (C=O) groups excluding carboxylic acids is 1. The van der Waals surface area contributed by atoms with Crippen molar-refractivity contribution < 1.29 is 19.4 Å². The maximum Gasteiger partial charge on any atom is 0.449 e. The molecular weight excluding hydrogens is 224 g/mol. The number of nitrogens with zero attached hydrogens (tertiary/aromatic N) is 2. The summed E-state index contributed by atoms with van der Waals surface area (Å²) < 4.78 is 4.73. The average molecular weight is 242 g/mol. The van der Waals surface area contributed by atoms with Crippen molar-refractivity contribution in [3.8, 4) is 0 Å². The molecule has 0 aromatic rings. The summed E-state index contributed by atoms with van der Waals surface area (Å²) in [5.41, 5.74) is 0.161. The van der Waals surface area contributed by atoms with Crippen LogP contribution in [0.1, 0.15) is 34.1 Å². The lowest BCUT2D eigenvalue weighted by molar-refractivity contribution is -0.137. The van der Waals surface area contributed by atoms with Crippen molar-refractivity contribution >= 4 is 12.1 Å². The third-order valence-corrected chi connectivity index (χ3v) is 1.55. The highest BCUT2D eigenvalue weighted by atomic mass is 16.5. The van der Waals surface area contributed by atoms with E-state index in [1.54, 1.807) is 6.92 Å². The normalized spacial score (nSPS) is 12.8. The minimum absolute atomic E-state index is 0.129. The summed E-state index contributed by atoms with van der Waals surface area (Å²) in [4.78, 5) is 21.5. The van der Waals surface area contributed by atoms with Gasteiger partial charge in [0.05, 0.1) is 12.3 Å². The van der Waals surface area contributed by atoms with Crippen LogP contribution in [0.2, 0.25) is 0 Å². The number of esters is 1. The van der Waals surface area contributed by atoms with Gasteiger partial charge in [-0.25, -0.2) is 9.59 Å². The summed E-state index contributed by atoms with van der Waals surface area (Å²) >= 11 is 0. The predicted molar refractivity (Wildman–Crippen MR) is 61.7 cm³/mol. The average Bonchev–Trinajstić information content (AvgIpc) is 2.12. The Bertz CT molecular complexity index is 340. The molecule has 1 amide bonds. The maximum absolute atomic E-state index is 11.2. The fraction of sp³-hybridized carbons (Fsp3) is 0.636. The molecule has 0 aromatic carbocycles. The van der Waals surface area contributed by atoms with E-state index in [0.717, 1.165) is 0 Å². The number of amides is 1. The lowest BCUT2D eigenvalue weighted by Crippen LogP contribution is -2.08. The van der Waals surface area contributed by atoms with Crippen molar-refractivity contribution in [2.24, 2.45) is 15.6 Å². The maximum atomic E-state index is 11.2. The van der Waals surface area contributed by atoms with Crippen molar-refractivity contribution in [3.05, 3.63) is 11.8 Å². The molecular formula is C11H18N2O4. The van der Waals surface area contributed by atoms with Crippen molar-refractivity contribution in [1.29, 1.82) is 0 Å². The number of ether oxygens (including phenoxy) is 1. The Morgan fingerprint density at radius 3 is 2.29 bits per heavy atom. The van der Waals surface area contributed by atoms with Gasteiger partial charge in [0.1, 0.15) is 0 Å². The van der Waals surface area contributed by atoms with E-state index in [1.165, 1.54) is 6.08 Å². The van der Waals surface area contributed by atoms with E-state index in [0.29, 0.717) is 12.1 Å². The standard InChI is InChI=1S/C11H18N2O4/c1-5-17-9(14)6-8(7-11(2,3)4)12-13-10(15)16/h6H,5,7H2,1-4H3,(H,15,16). The van der Waals surface area contributed by atoms with Gasteiger partial charge < -0.3 is 9.84 Å². The van der Waals surface area contributed by atoms with E-state index in [1.807, 2.05) is 20.8 Å². The summed E-state index contributed by atoms with van der Waals surface area (Å²) in [6.07, 6.45) is 0.206. The topological polar surface area (TPSA) is 88.3 Å². The van der Waals surface area contributed by atoms with Crippen LogP contribution < -0.4 is 0 Å². The number of allylic oxidation sites excluding steroid dienone is 1. The van der Waals surface area contributed by atoms with E-state index >= 15 is 0 Å². The van der Waals surface area contributed by atoms with Crippen LogP contribution in [-0.2, 0) is 9.53 Å². The summed E-state index contributed by atoms with van der Waals surface area (Å²) in [6, 6.07) is 0. The predicted octanol–water partition coefficient (Wildman–Crippen LogP) is 3.00. The lowest BCUT2D eigenvalue weighted by atomic mass is 9.90. The number of carboxylic acid groups (broad SMARTS) is 1. The number of hydrogen-bond donors (Lipinski definition) is 1. The van der Waals surface area contributed by atoms with Crippen molar-refractivity contribution in [2.45, 2.75) is 34.1 Å². The highest BCUT2D eigenvalue weighted by Gasteiger charge is 2.15. The third-order valence-electron chi connectivity index (χ3n) is 1.55. The Morgan fingerprint density at radius 1 is 1.29 bits per heavy atom. The molecule has 0 rings (SSSR count). The number of hydrogen-bond acceptors (Lipinski definition) is 4. The van der Waals surface area contributed by atoms with Gasteiger partial charge in [0.25, 0.3) is 0 Å². The summed E-state index contributed by atoms with van der Waals surface area (Å²) in [7, 11) is 0. The Balaban J connectivity index is 4.84. The molecule has 0 unspecified atom stereocenters. The van der Waals surface area contributed by atoms with Crippen LogP contribution >= 0.6 is 0 Å².